The first kappa shape index (κ1) is 13.8. The summed E-state index contributed by atoms with van der Waals surface area (Å²) in [5.74, 6) is -1.39. The normalized spacial score (nSPS) is 12.2. The van der Waals surface area contributed by atoms with Gasteiger partial charge in [-0.3, -0.25) is 4.79 Å². The first-order valence-electron chi connectivity index (χ1n) is 5.38. The number of rotatable bonds is 5. The van der Waals surface area contributed by atoms with E-state index >= 15 is 0 Å². The maximum atomic E-state index is 11.9. The Morgan fingerprint density at radius 2 is 2.18 bits per heavy atom. The number of aliphatic carboxylic acids is 1. The molecule has 0 spiro atoms. The molecule has 0 aliphatic rings. The Bertz CT molecular complexity index is 428. The van der Waals surface area contributed by atoms with Crippen LogP contribution in [0.1, 0.15) is 30.8 Å². The number of carbonyl (C=O) groups is 2. The van der Waals surface area contributed by atoms with Crippen LogP contribution in [-0.4, -0.2) is 27.6 Å². The van der Waals surface area contributed by atoms with E-state index in [4.69, 9.17) is 5.11 Å². The quantitative estimate of drug-likeness (QED) is 0.872. The molecule has 2 N–H and O–H groups in total. The molecule has 17 heavy (non-hydrogen) atoms. The summed E-state index contributed by atoms with van der Waals surface area (Å²) in [7, 11) is 0. The molecule has 1 aromatic rings. The number of aromatic nitrogens is 1. The zero-order chi connectivity index (χ0) is 13.0. The van der Waals surface area contributed by atoms with Crippen LogP contribution in [0.25, 0.3) is 0 Å². The molecule has 6 heteroatoms. The van der Waals surface area contributed by atoms with E-state index in [-0.39, 0.29) is 5.91 Å². The van der Waals surface area contributed by atoms with Gasteiger partial charge in [0, 0.05) is 17.2 Å². The second-order valence-electron chi connectivity index (χ2n) is 3.60. The van der Waals surface area contributed by atoms with E-state index in [0.717, 1.165) is 4.47 Å². The monoisotopic (exact) mass is 302 g/mol. The molecule has 5 nitrogen and oxygen atoms in total. The summed E-state index contributed by atoms with van der Waals surface area (Å²) in [6, 6.07) is 0.828. The summed E-state index contributed by atoms with van der Waals surface area (Å²) in [6.07, 6.45) is 2.14. The molecule has 0 aliphatic heterocycles. The number of carboxylic acid groups (broad SMARTS) is 1. The van der Waals surface area contributed by atoms with Crippen molar-refractivity contribution in [3.8, 4) is 0 Å². The van der Waals surface area contributed by atoms with E-state index in [1.165, 1.54) is 0 Å². The molecule has 1 heterocycles. The topological polar surface area (TPSA) is 71.3 Å². The van der Waals surface area contributed by atoms with E-state index in [1.54, 1.807) is 23.8 Å². The number of nitrogens with zero attached hydrogens (tertiary/aromatic N) is 1. The number of nitrogens with one attached hydrogen (secondary N) is 1. The van der Waals surface area contributed by atoms with Gasteiger partial charge in [0.15, 0.2) is 0 Å². The molecule has 1 amide bonds. The average molecular weight is 303 g/mol. The van der Waals surface area contributed by atoms with Crippen LogP contribution in [0.4, 0.5) is 0 Å². The SMILES string of the molecule is CC[C@H](NC(=O)c1cc(Br)cn1CC)C(=O)O. The number of carbonyl (C=O) groups excluding carboxylic acids is 1. The van der Waals surface area contributed by atoms with Gasteiger partial charge in [-0.05, 0) is 35.3 Å². The van der Waals surface area contributed by atoms with Gasteiger partial charge < -0.3 is 15.0 Å². The lowest BCUT2D eigenvalue weighted by Gasteiger charge is -2.13. The van der Waals surface area contributed by atoms with E-state index in [2.05, 4.69) is 21.2 Å². The highest BCUT2D eigenvalue weighted by molar-refractivity contribution is 9.10. The third kappa shape index (κ3) is 3.33. The van der Waals surface area contributed by atoms with Gasteiger partial charge in [0.25, 0.3) is 5.91 Å². The van der Waals surface area contributed by atoms with Gasteiger partial charge in [0.1, 0.15) is 11.7 Å². The van der Waals surface area contributed by atoms with Crippen LogP contribution >= 0.6 is 15.9 Å². The summed E-state index contributed by atoms with van der Waals surface area (Å²) in [5.41, 5.74) is 0.457. The van der Waals surface area contributed by atoms with Gasteiger partial charge in [-0.1, -0.05) is 6.92 Å². The fourth-order valence-corrected chi connectivity index (χ4v) is 1.96. The lowest BCUT2D eigenvalue weighted by Crippen LogP contribution is -2.40. The van der Waals surface area contributed by atoms with Crippen molar-refractivity contribution in [1.29, 1.82) is 0 Å². The largest absolute Gasteiger partial charge is 0.480 e. The van der Waals surface area contributed by atoms with Gasteiger partial charge in [-0.25, -0.2) is 4.79 Å². The smallest absolute Gasteiger partial charge is 0.326 e. The molecular weight excluding hydrogens is 288 g/mol. The fraction of sp³-hybridized carbons (Fsp3) is 0.455. The van der Waals surface area contributed by atoms with Crippen LogP contribution in [0.15, 0.2) is 16.7 Å². The van der Waals surface area contributed by atoms with Crippen molar-refractivity contribution in [3.05, 3.63) is 22.4 Å². The number of aryl methyl sites for hydroxylation is 1. The zero-order valence-corrected chi connectivity index (χ0v) is 11.3. The second-order valence-corrected chi connectivity index (χ2v) is 4.52. The van der Waals surface area contributed by atoms with Crippen molar-refractivity contribution in [2.75, 3.05) is 0 Å². The minimum Gasteiger partial charge on any atom is -0.480 e. The molecule has 1 atom stereocenters. The minimum absolute atomic E-state index is 0.356. The summed E-state index contributed by atoms with van der Waals surface area (Å²) in [4.78, 5) is 22.7. The summed E-state index contributed by atoms with van der Waals surface area (Å²) in [6.45, 7) is 4.28. The number of hydrogen-bond acceptors (Lipinski definition) is 2. The highest BCUT2D eigenvalue weighted by Crippen LogP contribution is 2.15. The zero-order valence-electron chi connectivity index (χ0n) is 9.74. The van der Waals surface area contributed by atoms with Gasteiger partial charge in [0.05, 0.1) is 0 Å². The van der Waals surface area contributed by atoms with E-state index < -0.39 is 12.0 Å². The van der Waals surface area contributed by atoms with Crippen molar-refractivity contribution < 1.29 is 14.7 Å². The Labute approximate surface area is 108 Å². The maximum absolute atomic E-state index is 11.9. The maximum Gasteiger partial charge on any atom is 0.326 e. The molecule has 0 radical (unpaired) electrons. The molecular formula is C11H15BrN2O3. The standard InChI is InChI=1S/C11H15BrN2O3/c1-3-8(11(16)17)13-10(15)9-5-7(12)6-14(9)4-2/h5-6,8H,3-4H2,1-2H3,(H,13,15)(H,16,17)/t8-/m0/s1. The molecule has 0 aliphatic carbocycles. The van der Waals surface area contributed by atoms with Crippen LogP contribution in [0.5, 0.6) is 0 Å². The molecule has 0 bridgehead atoms. The van der Waals surface area contributed by atoms with Gasteiger partial charge >= 0.3 is 5.97 Å². The summed E-state index contributed by atoms with van der Waals surface area (Å²) < 4.78 is 2.56. The highest BCUT2D eigenvalue weighted by atomic mass is 79.9. The van der Waals surface area contributed by atoms with Gasteiger partial charge in [-0.2, -0.15) is 0 Å². The summed E-state index contributed by atoms with van der Waals surface area (Å²) >= 11 is 3.29. The van der Waals surface area contributed by atoms with Crippen molar-refractivity contribution in [3.63, 3.8) is 0 Å². The highest BCUT2D eigenvalue weighted by Gasteiger charge is 2.20. The van der Waals surface area contributed by atoms with Crippen molar-refractivity contribution in [2.45, 2.75) is 32.9 Å². The summed E-state index contributed by atoms with van der Waals surface area (Å²) in [5, 5.41) is 11.4. The van der Waals surface area contributed by atoms with E-state index in [1.807, 2.05) is 6.92 Å². The Kier molecular flexibility index (Phi) is 4.74. The minimum atomic E-state index is -1.02. The number of carboxylic acids is 1. The third-order valence-electron chi connectivity index (χ3n) is 2.45. The van der Waals surface area contributed by atoms with E-state index in [9.17, 15) is 9.59 Å². The first-order valence-corrected chi connectivity index (χ1v) is 6.18. The van der Waals surface area contributed by atoms with E-state index in [0.29, 0.717) is 18.7 Å². The predicted molar refractivity (Wildman–Crippen MR) is 67.0 cm³/mol. The lowest BCUT2D eigenvalue weighted by atomic mass is 10.2. The Morgan fingerprint density at radius 1 is 1.53 bits per heavy atom. The van der Waals surface area contributed by atoms with Gasteiger partial charge in [-0.15, -0.1) is 0 Å². The molecule has 1 rings (SSSR count). The molecule has 1 aromatic heterocycles. The molecule has 0 saturated carbocycles. The van der Waals surface area contributed by atoms with Crippen LogP contribution in [0, 0.1) is 0 Å². The Hall–Kier alpha value is -1.30. The van der Waals surface area contributed by atoms with Crippen molar-refractivity contribution >= 4 is 27.8 Å². The molecule has 0 fully saturated rings. The van der Waals surface area contributed by atoms with Gasteiger partial charge in [0.2, 0.25) is 0 Å². The molecule has 0 aromatic carbocycles. The van der Waals surface area contributed by atoms with Crippen LogP contribution < -0.4 is 5.32 Å². The Balaban J connectivity index is 2.85. The predicted octanol–water partition coefficient (Wildman–Crippen LogP) is 1.86. The third-order valence-corrected chi connectivity index (χ3v) is 2.88. The fourth-order valence-electron chi connectivity index (χ4n) is 1.50. The van der Waals surface area contributed by atoms with Crippen LogP contribution in [0.3, 0.4) is 0 Å². The van der Waals surface area contributed by atoms with Crippen molar-refractivity contribution in [1.82, 2.24) is 9.88 Å². The number of hydrogen-bond donors (Lipinski definition) is 2. The molecule has 0 saturated heterocycles. The van der Waals surface area contributed by atoms with Crippen LogP contribution in [-0.2, 0) is 11.3 Å². The van der Waals surface area contributed by atoms with Crippen molar-refractivity contribution in [2.24, 2.45) is 0 Å². The molecule has 0 unspecified atom stereocenters. The Morgan fingerprint density at radius 3 is 2.65 bits per heavy atom. The lowest BCUT2D eigenvalue weighted by molar-refractivity contribution is -0.139. The average Bonchev–Trinajstić information content (AvgIpc) is 2.66. The first-order chi connectivity index (χ1) is 7.99. The number of halogens is 1. The van der Waals surface area contributed by atoms with Crippen LogP contribution in [0.2, 0.25) is 0 Å². The number of amides is 1. The second kappa shape index (κ2) is 5.86. The molecule has 94 valence electrons.